The van der Waals surface area contributed by atoms with Crippen molar-refractivity contribution in [3.05, 3.63) is 29.8 Å². The summed E-state index contributed by atoms with van der Waals surface area (Å²) in [5.41, 5.74) is 1.72. The first-order valence-corrected chi connectivity index (χ1v) is 10.4. The van der Waals surface area contributed by atoms with Crippen LogP contribution in [0.15, 0.2) is 29.3 Å². The van der Waals surface area contributed by atoms with Crippen LogP contribution in [-0.4, -0.2) is 66.6 Å². The number of amides is 1. The van der Waals surface area contributed by atoms with E-state index in [0.29, 0.717) is 45.2 Å². The van der Waals surface area contributed by atoms with E-state index in [1.54, 1.807) is 0 Å². The Hall–Kier alpha value is -2.29. The quantitative estimate of drug-likeness (QED) is 0.540. The molecule has 2 rings (SSSR count). The Morgan fingerprint density at radius 1 is 1.10 bits per heavy atom. The zero-order chi connectivity index (χ0) is 22.3. The summed E-state index contributed by atoms with van der Waals surface area (Å²) < 4.78 is 38.8. The van der Waals surface area contributed by atoms with Crippen molar-refractivity contribution < 1.29 is 18.0 Å². The lowest BCUT2D eigenvalue weighted by atomic mass is 10.1. The highest BCUT2D eigenvalue weighted by molar-refractivity contribution is 5.92. The minimum Gasteiger partial charge on any atom is -0.357 e. The molecule has 0 aromatic heterocycles. The molecule has 0 saturated carbocycles. The average molecular weight is 428 g/mol. The van der Waals surface area contributed by atoms with Gasteiger partial charge in [0, 0.05) is 44.3 Å². The lowest BCUT2D eigenvalue weighted by Gasteiger charge is -2.39. The van der Waals surface area contributed by atoms with Gasteiger partial charge in [0.2, 0.25) is 5.91 Å². The molecule has 1 fully saturated rings. The molecule has 1 saturated heterocycles. The molecular weight excluding hydrogens is 395 g/mol. The molecule has 1 aromatic carbocycles. The predicted octanol–water partition coefficient (Wildman–Crippen LogP) is 3.32. The van der Waals surface area contributed by atoms with Gasteiger partial charge in [-0.25, -0.2) is 4.99 Å². The van der Waals surface area contributed by atoms with Gasteiger partial charge in [-0.05, 0) is 31.5 Å². The van der Waals surface area contributed by atoms with Crippen molar-refractivity contribution in [2.24, 2.45) is 10.9 Å². The Morgan fingerprint density at radius 2 is 1.70 bits per heavy atom. The number of rotatable bonds is 6. The third-order valence-electron chi connectivity index (χ3n) is 5.13. The SMILES string of the molecule is CCNC(=NCc1ccc(NC(=O)C(C)C)cc1)N1CCN(C(C)C(F)(F)F)CC1. The van der Waals surface area contributed by atoms with E-state index in [1.165, 1.54) is 11.8 Å². The maximum atomic E-state index is 12.9. The Morgan fingerprint density at radius 3 is 2.20 bits per heavy atom. The Balaban J connectivity index is 1.96. The molecule has 1 amide bonds. The largest absolute Gasteiger partial charge is 0.403 e. The second-order valence-corrected chi connectivity index (χ2v) is 7.75. The van der Waals surface area contributed by atoms with E-state index in [9.17, 15) is 18.0 Å². The number of hydrogen-bond donors (Lipinski definition) is 2. The minimum absolute atomic E-state index is 0.0332. The second kappa shape index (κ2) is 10.7. The van der Waals surface area contributed by atoms with E-state index < -0.39 is 12.2 Å². The highest BCUT2D eigenvalue weighted by Crippen LogP contribution is 2.25. The molecule has 1 atom stereocenters. The highest BCUT2D eigenvalue weighted by atomic mass is 19.4. The van der Waals surface area contributed by atoms with Gasteiger partial charge in [-0.15, -0.1) is 0 Å². The molecule has 30 heavy (non-hydrogen) atoms. The second-order valence-electron chi connectivity index (χ2n) is 7.75. The predicted molar refractivity (Wildman–Crippen MR) is 113 cm³/mol. The van der Waals surface area contributed by atoms with E-state index in [4.69, 9.17) is 0 Å². The van der Waals surface area contributed by atoms with Gasteiger partial charge < -0.3 is 15.5 Å². The lowest BCUT2D eigenvalue weighted by molar-refractivity contribution is -0.181. The van der Waals surface area contributed by atoms with Crippen molar-refractivity contribution in [2.45, 2.75) is 46.5 Å². The Labute approximate surface area is 176 Å². The molecule has 0 radical (unpaired) electrons. The van der Waals surface area contributed by atoms with Crippen LogP contribution in [0.1, 0.15) is 33.3 Å². The average Bonchev–Trinajstić information content (AvgIpc) is 2.71. The first-order chi connectivity index (χ1) is 14.1. The van der Waals surface area contributed by atoms with Crippen LogP contribution >= 0.6 is 0 Å². The summed E-state index contributed by atoms with van der Waals surface area (Å²) in [7, 11) is 0. The van der Waals surface area contributed by atoms with Gasteiger partial charge >= 0.3 is 6.18 Å². The summed E-state index contributed by atoms with van der Waals surface area (Å²) in [6.45, 7) is 9.64. The molecular formula is C21H32F3N5O. The van der Waals surface area contributed by atoms with Crippen molar-refractivity contribution >= 4 is 17.6 Å². The fraction of sp³-hybridized carbons (Fsp3) is 0.619. The maximum absolute atomic E-state index is 12.9. The first kappa shape index (κ1) is 24.0. The fourth-order valence-electron chi connectivity index (χ4n) is 3.10. The zero-order valence-corrected chi connectivity index (χ0v) is 18.1. The van der Waals surface area contributed by atoms with Gasteiger partial charge in [-0.2, -0.15) is 13.2 Å². The lowest BCUT2D eigenvalue weighted by Crippen LogP contribution is -2.56. The number of carbonyl (C=O) groups is 1. The molecule has 168 valence electrons. The summed E-state index contributed by atoms with van der Waals surface area (Å²) in [6, 6.07) is 6.07. The van der Waals surface area contributed by atoms with Gasteiger partial charge in [0.1, 0.15) is 6.04 Å². The molecule has 0 bridgehead atoms. The number of alkyl halides is 3. The van der Waals surface area contributed by atoms with Crippen LogP contribution in [0.3, 0.4) is 0 Å². The number of hydrogen-bond acceptors (Lipinski definition) is 3. The maximum Gasteiger partial charge on any atom is 0.403 e. The van der Waals surface area contributed by atoms with Gasteiger partial charge in [-0.3, -0.25) is 9.69 Å². The molecule has 0 spiro atoms. The number of anilines is 1. The smallest absolute Gasteiger partial charge is 0.357 e. The number of nitrogens with zero attached hydrogens (tertiary/aromatic N) is 3. The Bertz CT molecular complexity index is 710. The van der Waals surface area contributed by atoms with Crippen LogP contribution in [0, 0.1) is 5.92 Å². The third-order valence-corrected chi connectivity index (χ3v) is 5.13. The number of guanidine groups is 1. The minimum atomic E-state index is -4.21. The van der Waals surface area contributed by atoms with E-state index in [2.05, 4.69) is 15.6 Å². The summed E-state index contributed by atoms with van der Waals surface area (Å²) in [5.74, 6) is 0.583. The van der Waals surface area contributed by atoms with Crippen molar-refractivity contribution in [3.8, 4) is 0 Å². The zero-order valence-electron chi connectivity index (χ0n) is 18.1. The van der Waals surface area contributed by atoms with E-state index in [0.717, 1.165) is 11.3 Å². The summed E-state index contributed by atoms with van der Waals surface area (Å²) in [6.07, 6.45) is -4.21. The van der Waals surface area contributed by atoms with Crippen LogP contribution < -0.4 is 10.6 Å². The number of nitrogens with one attached hydrogen (secondary N) is 2. The summed E-state index contributed by atoms with van der Waals surface area (Å²) in [4.78, 5) is 19.9. The number of carbonyl (C=O) groups excluding carboxylic acids is 1. The first-order valence-electron chi connectivity index (χ1n) is 10.4. The highest BCUT2D eigenvalue weighted by Gasteiger charge is 2.41. The van der Waals surface area contributed by atoms with Gasteiger partial charge in [0.15, 0.2) is 5.96 Å². The fourth-order valence-corrected chi connectivity index (χ4v) is 3.10. The number of benzene rings is 1. The number of piperazine rings is 1. The monoisotopic (exact) mass is 427 g/mol. The van der Waals surface area contributed by atoms with Crippen LogP contribution in [0.25, 0.3) is 0 Å². The van der Waals surface area contributed by atoms with Crippen LogP contribution in [0.4, 0.5) is 18.9 Å². The van der Waals surface area contributed by atoms with E-state index in [-0.39, 0.29) is 11.8 Å². The van der Waals surface area contributed by atoms with Crippen molar-refractivity contribution in [3.63, 3.8) is 0 Å². The van der Waals surface area contributed by atoms with Gasteiger partial charge in [-0.1, -0.05) is 26.0 Å². The molecule has 6 nitrogen and oxygen atoms in total. The normalized spacial score (nSPS) is 17.2. The summed E-state index contributed by atoms with van der Waals surface area (Å²) >= 11 is 0. The molecule has 9 heteroatoms. The third kappa shape index (κ3) is 6.90. The van der Waals surface area contributed by atoms with Crippen LogP contribution in [0.2, 0.25) is 0 Å². The van der Waals surface area contributed by atoms with Crippen LogP contribution in [-0.2, 0) is 11.3 Å². The molecule has 1 aliphatic rings. The molecule has 0 aliphatic carbocycles. The molecule has 2 N–H and O–H groups in total. The van der Waals surface area contributed by atoms with Gasteiger partial charge in [0.25, 0.3) is 0 Å². The molecule has 1 aromatic rings. The number of aliphatic imine (C=N–C) groups is 1. The standard InChI is InChI=1S/C21H32F3N5O/c1-5-25-20(29-12-10-28(11-13-29)16(4)21(22,23)24)26-14-17-6-8-18(9-7-17)27-19(30)15(2)3/h6-9,15-16H,5,10-14H2,1-4H3,(H,25,26)(H,27,30). The summed E-state index contributed by atoms with van der Waals surface area (Å²) in [5, 5.41) is 6.07. The van der Waals surface area contributed by atoms with E-state index in [1.807, 2.05) is 49.9 Å². The van der Waals surface area contributed by atoms with E-state index >= 15 is 0 Å². The van der Waals surface area contributed by atoms with Gasteiger partial charge in [0.05, 0.1) is 6.54 Å². The van der Waals surface area contributed by atoms with Crippen molar-refractivity contribution in [1.82, 2.24) is 15.1 Å². The van der Waals surface area contributed by atoms with Crippen molar-refractivity contribution in [1.29, 1.82) is 0 Å². The Kier molecular flexibility index (Phi) is 8.52. The van der Waals surface area contributed by atoms with Crippen LogP contribution in [0.5, 0.6) is 0 Å². The van der Waals surface area contributed by atoms with Crippen molar-refractivity contribution in [2.75, 3.05) is 38.0 Å². The molecule has 1 unspecified atom stereocenters. The molecule has 1 aliphatic heterocycles. The molecule has 1 heterocycles. The number of halogens is 3. The topological polar surface area (TPSA) is 60.0 Å².